The standard InChI is InChI=1S/C12H22N4O2S/c1-4-16(19(3,17)18)9-5-6-14-11(2)12-10-13-7-8-15-12/h7-8,10-11,14H,4-6,9H2,1-3H3. The zero-order valence-electron chi connectivity index (χ0n) is 11.7. The van der Waals surface area contributed by atoms with Crippen LogP contribution in [0.4, 0.5) is 0 Å². The molecule has 6 nitrogen and oxygen atoms in total. The molecule has 108 valence electrons. The van der Waals surface area contributed by atoms with Gasteiger partial charge in [0.15, 0.2) is 0 Å². The first-order valence-electron chi connectivity index (χ1n) is 6.39. The maximum absolute atomic E-state index is 11.4. The Morgan fingerprint density at radius 3 is 2.68 bits per heavy atom. The van der Waals surface area contributed by atoms with Crippen molar-refractivity contribution in [1.82, 2.24) is 19.6 Å². The fraction of sp³-hybridized carbons (Fsp3) is 0.667. The molecule has 1 unspecified atom stereocenters. The lowest BCUT2D eigenvalue weighted by atomic mass is 10.2. The van der Waals surface area contributed by atoms with Gasteiger partial charge in [-0.2, -0.15) is 0 Å². The molecular weight excluding hydrogens is 264 g/mol. The van der Waals surface area contributed by atoms with Crippen LogP contribution in [0, 0.1) is 0 Å². The van der Waals surface area contributed by atoms with E-state index in [2.05, 4.69) is 15.3 Å². The van der Waals surface area contributed by atoms with Crippen LogP contribution in [0.5, 0.6) is 0 Å². The van der Waals surface area contributed by atoms with Crippen molar-refractivity contribution < 1.29 is 8.42 Å². The van der Waals surface area contributed by atoms with E-state index in [1.54, 1.807) is 18.6 Å². The maximum Gasteiger partial charge on any atom is 0.211 e. The van der Waals surface area contributed by atoms with Crippen LogP contribution >= 0.6 is 0 Å². The Bertz CT molecular complexity index is 464. The second-order valence-corrected chi connectivity index (χ2v) is 6.40. The van der Waals surface area contributed by atoms with Gasteiger partial charge >= 0.3 is 0 Å². The zero-order chi connectivity index (χ0) is 14.3. The number of hydrogen-bond donors (Lipinski definition) is 1. The fourth-order valence-corrected chi connectivity index (χ4v) is 2.70. The molecule has 0 fully saturated rings. The van der Waals surface area contributed by atoms with Gasteiger partial charge in [-0.15, -0.1) is 0 Å². The van der Waals surface area contributed by atoms with Crippen molar-refractivity contribution in [3.8, 4) is 0 Å². The summed E-state index contributed by atoms with van der Waals surface area (Å²) in [6.07, 6.45) is 7.04. The van der Waals surface area contributed by atoms with E-state index in [9.17, 15) is 8.42 Å². The highest BCUT2D eigenvalue weighted by molar-refractivity contribution is 7.88. The molecule has 0 aromatic carbocycles. The van der Waals surface area contributed by atoms with E-state index in [4.69, 9.17) is 0 Å². The van der Waals surface area contributed by atoms with Crippen LogP contribution in [0.3, 0.4) is 0 Å². The van der Waals surface area contributed by atoms with Crippen LogP contribution < -0.4 is 5.32 Å². The summed E-state index contributed by atoms with van der Waals surface area (Å²) >= 11 is 0. The van der Waals surface area contributed by atoms with Crippen molar-refractivity contribution >= 4 is 10.0 Å². The average molecular weight is 286 g/mol. The Kier molecular flexibility index (Phi) is 6.33. The summed E-state index contributed by atoms with van der Waals surface area (Å²) in [4.78, 5) is 8.23. The van der Waals surface area contributed by atoms with Gasteiger partial charge in [0.05, 0.1) is 11.9 Å². The Balaban J connectivity index is 2.31. The van der Waals surface area contributed by atoms with Gasteiger partial charge in [0, 0.05) is 37.7 Å². The van der Waals surface area contributed by atoms with Crippen LogP contribution in [0.2, 0.25) is 0 Å². The summed E-state index contributed by atoms with van der Waals surface area (Å²) in [5.74, 6) is 0. The monoisotopic (exact) mass is 286 g/mol. The summed E-state index contributed by atoms with van der Waals surface area (Å²) in [6, 6.07) is 0.113. The summed E-state index contributed by atoms with van der Waals surface area (Å²) in [6.45, 7) is 5.65. The lowest BCUT2D eigenvalue weighted by molar-refractivity contribution is 0.412. The minimum Gasteiger partial charge on any atom is -0.309 e. The molecule has 1 aromatic heterocycles. The second-order valence-electron chi connectivity index (χ2n) is 4.41. The van der Waals surface area contributed by atoms with Gasteiger partial charge in [-0.3, -0.25) is 9.97 Å². The quantitative estimate of drug-likeness (QED) is 0.715. The highest BCUT2D eigenvalue weighted by atomic mass is 32.2. The van der Waals surface area contributed by atoms with E-state index >= 15 is 0 Å². The van der Waals surface area contributed by atoms with Gasteiger partial charge in [0.1, 0.15) is 0 Å². The first-order valence-corrected chi connectivity index (χ1v) is 8.24. The minimum absolute atomic E-state index is 0.113. The number of aromatic nitrogens is 2. The fourth-order valence-electron chi connectivity index (χ4n) is 1.77. The number of rotatable bonds is 8. The number of hydrogen-bond acceptors (Lipinski definition) is 5. The Morgan fingerprint density at radius 2 is 2.16 bits per heavy atom. The molecule has 0 spiro atoms. The molecule has 0 radical (unpaired) electrons. The van der Waals surface area contributed by atoms with Crippen LogP contribution in [0.1, 0.15) is 32.0 Å². The van der Waals surface area contributed by atoms with Gasteiger partial charge < -0.3 is 5.32 Å². The van der Waals surface area contributed by atoms with Gasteiger partial charge in [0.25, 0.3) is 0 Å². The molecule has 0 aliphatic carbocycles. The molecule has 0 bridgehead atoms. The molecular formula is C12H22N4O2S. The normalized spacial score (nSPS) is 13.7. The number of sulfonamides is 1. The van der Waals surface area contributed by atoms with Crippen LogP contribution in [0.25, 0.3) is 0 Å². The first kappa shape index (κ1) is 16.0. The van der Waals surface area contributed by atoms with E-state index in [-0.39, 0.29) is 6.04 Å². The van der Waals surface area contributed by atoms with Crippen molar-refractivity contribution in [2.45, 2.75) is 26.3 Å². The van der Waals surface area contributed by atoms with E-state index in [1.165, 1.54) is 10.6 Å². The van der Waals surface area contributed by atoms with Crippen molar-refractivity contribution in [3.05, 3.63) is 24.3 Å². The largest absolute Gasteiger partial charge is 0.309 e. The summed E-state index contributed by atoms with van der Waals surface area (Å²) in [5, 5.41) is 3.31. The first-order chi connectivity index (χ1) is 8.95. The van der Waals surface area contributed by atoms with Crippen LogP contribution in [-0.4, -0.2) is 48.6 Å². The average Bonchev–Trinajstić information content (AvgIpc) is 2.38. The van der Waals surface area contributed by atoms with Crippen molar-refractivity contribution in [2.75, 3.05) is 25.9 Å². The van der Waals surface area contributed by atoms with Crippen LogP contribution in [-0.2, 0) is 10.0 Å². The molecule has 0 saturated carbocycles. The third-order valence-electron chi connectivity index (χ3n) is 2.88. The van der Waals surface area contributed by atoms with Crippen molar-refractivity contribution in [2.24, 2.45) is 0 Å². The third-order valence-corrected chi connectivity index (χ3v) is 4.26. The summed E-state index contributed by atoms with van der Waals surface area (Å²) in [7, 11) is -3.08. The van der Waals surface area contributed by atoms with Gasteiger partial charge in [-0.05, 0) is 19.9 Å². The molecule has 1 heterocycles. The molecule has 1 aromatic rings. The predicted molar refractivity (Wildman–Crippen MR) is 75.2 cm³/mol. The molecule has 0 amide bonds. The molecule has 1 rings (SSSR count). The van der Waals surface area contributed by atoms with Gasteiger partial charge in [0.2, 0.25) is 10.0 Å². The maximum atomic E-state index is 11.4. The molecule has 1 N–H and O–H groups in total. The molecule has 7 heteroatoms. The molecule has 1 atom stereocenters. The topological polar surface area (TPSA) is 75.2 Å². The smallest absolute Gasteiger partial charge is 0.211 e. The molecule has 0 aliphatic rings. The summed E-state index contributed by atoms with van der Waals surface area (Å²) < 4.78 is 24.3. The van der Waals surface area contributed by atoms with Crippen molar-refractivity contribution in [3.63, 3.8) is 0 Å². The van der Waals surface area contributed by atoms with Gasteiger partial charge in [-0.25, -0.2) is 12.7 Å². The number of nitrogens with zero attached hydrogens (tertiary/aromatic N) is 3. The predicted octanol–water partition coefficient (Wildman–Crippen LogP) is 0.799. The lowest BCUT2D eigenvalue weighted by Crippen LogP contribution is -2.32. The lowest BCUT2D eigenvalue weighted by Gasteiger charge is -2.18. The van der Waals surface area contributed by atoms with E-state index in [1.807, 2.05) is 13.8 Å². The Labute approximate surface area is 115 Å². The number of nitrogens with one attached hydrogen (secondary N) is 1. The molecule has 0 saturated heterocycles. The molecule has 0 aliphatic heterocycles. The minimum atomic E-state index is -3.08. The third kappa shape index (κ3) is 5.63. The molecule has 19 heavy (non-hydrogen) atoms. The highest BCUT2D eigenvalue weighted by Gasteiger charge is 2.13. The Hall–Kier alpha value is -1.05. The van der Waals surface area contributed by atoms with Crippen LogP contribution in [0.15, 0.2) is 18.6 Å². The van der Waals surface area contributed by atoms with Crippen molar-refractivity contribution in [1.29, 1.82) is 0 Å². The zero-order valence-corrected chi connectivity index (χ0v) is 12.5. The van der Waals surface area contributed by atoms with E-state index in [0.29, 0.717) is 13.1 Å². The summed E-state index contributed by atoms with van der Waals surface area (Å²) in [5.41, 5.74) is 0.887. The highest BCUT2D eigenvalue weighted by Crippen LogP contribution is 2.06. The van der Waals surface area contributed by atoms with E-state index in [0.717, 1.165) is 18.7 Å². The SMILES string of the molecule is CCN(CCCNC(C)c1cnccn1)S(C)(=O)=O. The second kappa shape index (κ2) is 7.52. The van der Waals surface area contributed by atoms with Gasteiger partial charge in [-0.1, -0.05) is 6.92 Å². The Morgan fingerprint density at radius 1 is 1.42 bits per heavy atom. The van der Waals surface area contributed by atoms with E-state index < -0.39 is 10.0 Å².